The summed E-state index contributed by atoms with van der Waals surface area (Å²) in [5.74, 6) is 1.02. The van der Waals surface area contributed by atoms with Gasteiger partial charge < -0.3 is 25.8 Å². The summed E-state index contributed by atoms with van der Waals surface area (Å²) in [5.41, 5.74) is 16.8. The van der Waals surface area contributed by atoms with Gasteiger partial charge in [-0.2, -0.15) is 15.1 Å². The van der Waals surface area contributed by atoms with E-state index in [2.05, 4.69) is 19.9 Å². The van der Waals surface area contributed by atoms with Gasteiger partial charge in [0.05, 0.1) is 36.1 Å². The Labute approximate surface area is 176 Å². The first kappa shape index (κ1) is 18.6. The van der Waals surface area contributed by atoms with E-state index in [-0.39, 0.29) is 11.8 Å². The van der Waals surface area contributed by atoms with Crippen molar-refractivity contribution in [2.75, 3.05) is 49.8 Å². The molecule has 10 nitrogen and oxygen atoms in total. The van der Waals surface area contributed by atoms with Crippen molar-refractivity contribution in [3.8, 4) is 22.0 Å². The molecular weight excluding hydrogens is 404 g/mol. The molecule has 1 aliphatic heterocycles. The zero-order chi connectivity index (χ0) is 20.7. The second-order valence-corrected chi connectivity index (χ2v) is 7.63. The number of fused-ring (bicyclic) bond motifs is 1. The van der Waals surface area contributed by atoms with Crippen molar-refractivity contribution in [1.29, 1.82) is 0 Å². The molecule has 0 radical (unpaired) electrons. The molecule has 0 bridgehead atoms. The number of benzene rings is 1. The lowest BCUT2D eigenvalue weighted by Crippen LogP contribution is -2.36. The van der Waals surface area contributed by atoms with Gasteiger partial charge >= 0.3 is 0 Å². The van der Waals surface area contributed by atoms with Gasteiger partial charge in [0.25, 0.3) is 0 Å². The van der Waals surface area contributed by atoms with Crippen molar-refractivity contribution < 1.29 is 9.47 Å². The average Bonchev–Trinajstić information content (AvgIpc) is 3.42. The highest BCUT2D eigenvalue weighted by Crippen LogP contribution is 2.37. The third-order valence-corrected chi connectivity index (χ3v) is 5.79. The first-order chi connectivity index (χ1) is 14.7. The number of hydrogen-bond donors (Lipinski definition) is 2. The minimum atomic E-state index is 0.0842. The van der Waals surface area contributed by atoms with Crippen molar-refractivity contribution in [3.05, 3.63) is 29.9 Å². The molecule has 4 heterocycles. The monoisotopic (exact) mass is 424 g/mol. The molecule has 1 aliphatic rings. The predicted molar refractivity (Wildman–Crippen MR) is 116 cm³/mol. The van der Waals surface area contributed by atoms with Gasteiger partial charge in [-0.15, -0.1) is 11.3 Å². The number of thiazole rings is 1. The van der Waals surface area contributed by atoms with Gasteiger partial charge in [-0.05, 0) is 12.1 Å². The van der Waals surface area contributed by atoms with Gasteiger partial charge in [-0.25, -0.2) is 4.68 Å². The molecule has 154 valence electrons. The highest BCUT2D eigenvalue weighted by Gasteiger charge is 2.22. The van der Waals surface area contributed by atoms with Crippen molar-refractivity contribution in [2.24, 2.45) is 0 Å². The molecule has 11 heteroatoms. The second kappa shape index (κ2) is 7.43. The van der Waals surface area contributed by atoms with Gasteiger partial charge in [-0.3, -0.25) is 4.98 Å². The van der Waals surface area contributed by atoms with Crippen LogP contribution in [-0.4, -0.2) is 58.1 Å². The first-order valence-corrected chi connectivity index (χ1v) is 10.3. The number of ether oxygens (including phenoxy) is 2. The summed E-state index contributed by atoms with van der Waals surface area (Å²) in [5, 5.41) is 5.42. The maximum Gasteiger partial charge on any atom is 0.224 e. The van der Waals surface area contributed by atoms with Crippen LogP contribution in [0.3, 0.4) is 0 Å². The second-order valence-electron chi connectivity index (χ2n) is 6.75. The highest BCUT2D eigenvalue weighted by atomic mass is 32.1. The van der Waals surface area contributed by atoms with Crippen LogP contribution in [0.4, 0.5) is 17.5 Å². The molecule has 30 heavy (non-hydrogen) atoms. The van der Waals surface area contributed by atoms with Gasteiger partial charge in [0.1, 0.15) is 22.9 Å². The van der Waals surface area contributed by atoms with Crippen LogP contribution in [0.2, 0.25) is 0 Å². The quantitative estimate of drug-likeness (QED) is 0.505. The van der Waals surface area contributed by atoms with Crippen LogP contribution in [0, 0.1) is 0 Å². The molecule has 0 atom stereocenters. The van der Waals surface area contributed by atoms with Crippen LogP contribution in [0.25, 0.3) is 27.3 Å². The maximum atomic E-state index is 6.20. The molecule has 1 aromatic carbocycles. The van der Waals surface area contributed by atoms with E-state index < -0.39 is 0 Å². The lowest BCUT2D eigenvalue weighted by atomic mass is 10.2. The molecule has 3 aromatic heterocycles. The van der Waals surface area contributed by atoms with E-state index in [1.54, 1.807) is 23.5 Å². The number of aromatic nitrogens is 5. The molecule has 4 aromatic rings. The smallest absolute Gasteiger partial charge is 0.224 e. The molecule has 1 fully saturated rings. The Kier molecular flexibility index (Phi) is 4.60. The van der Waals surface area contributed by atoms with Crippen LogP contribution in [0.5, 0.6) is 5.75 Å². The number of hydrogen-bond acceptors (Lipinski definition) is 10. The summed E-state index contributed by atoms with van der Waals surface area (Å²) in [7, 11) is 1.63. The van der Waals surface area contributed by atoms with E-state index in [4.69, 9.17) is 26.0 Å². The summed E-state index contributed by atoms with van der Waals surface area (Å²) < 4.78 is 12.9. The lowest BCUT2D eigenvalue weighted by Gasteiger charge is -2.29. The summed E-state index contributed by atoms with van der Waals surface area (Å²) in [6, 6.07) is 5.99. The number of nitrogen functional groups attached to an aromatic ring is 2. The summed E-state index contributed by atoms with van der Waals surface area (Å²) in [6.45, 7) is 3.09. The zero-order valence-electron chi connectivity index (χ0n) is 16.3. The number of nitrogens with zero attached hydrogens (tertiary/aromatic N) is 6. The van der Waals surface area contributed by atoms with E-state index >= 15 is 0 Å². The molecule has 4 N–H and O–H groups in total. The third kappa shape index (κ3) is 3.08. The standard InChI is InChI=1S/C19H20N8O2S/c1-28-13-8-11(26-4-6-29-7-5-26)2-3-12(13)27-18-15(17(20)23-19(21)24-18)16(25-27)14-9-22-10-30-14/h2-3,8-10H,4-7H2,1H3,(H4,20,21,23,24). The number of anilines is 3. The van der Waals surface area contributed by atoms with Crippen LogP contribution in [0.1, 0.15) is 0 Å². The number of rotatable bonds is 4. The average molecular weight is 424 g/mol. The Hall–Kier alpha value is -3.44. The fraction of sp³-hybridized carbons (Fsp3) is 0.263. The number of morpholine rings is 1. The Morgan fingerprint density at radius 2 is 2.00 bits per heavy atom. The Bertz CT molecular complexity index is 1200. The molecule has 0 unspecified atom stereocenters. The van der Waals surface area contributed by atoms with Gasteiger partial charge in [0, 0.05) is 31.0 Å². The predicted octanol–water partition coefficient (Wildman–Crippen LogP) is 1.95. The Balaban J connectivity index is 1.69. The van der Waals surface area contributed by atoms with Gasteiger partial charge in [-0.1, -0.05) is 0 Å². The van der Waals surface area contributed by atoms with Crippen molar-refractivity contribution in [2.45, 2.75) is 0 Å². The SMILES string of the molecule is COc1cc(N2CCOCC2)ccc1-n1nc(-c2cncs2)c2c(N)nc(N)nc21. The largest absolute Gasteiger partial charge is 0.494 e. The van der Waals surface area contributed by atoms with E-state index in [0.29, 0.717) is 35.7 Å². The molecule has 1 saturated heterocycles. The minimum Gasteiger partial charge on any atom is -0.494 e. The molecule has 0 saturated carbocycles. The number of methoxy groups -OCH3 is 1. The van der Waals surface area contributed by atoms with Crippen LogP contribution < -0.4 is 21.1 Å². The van der Waals surface area contributed by atoms with Crippen molar-refractivity contribution >= 4 is 39.8 Å². The maximum absolute atomic E-state index is 6.20. The van der Waals surface area contributed by atoms with E-state index in [9.17, 15) is 0 Å². The molecule has 0 aliphatic carbocycles. The zero-order valence-corrected chi connectivity index (χ0v) is 17.1. The van der Waals surface area contributed by atoms with Crippen LogP contribution in [0.15, 0.2) is 29.9 Å². The Morgan fingerprint density at radius 3 is 2.73 bits per heavy atom. The van der Waals surface area contributed by atoms with Crippen molar-refractivity contribution in [3.63, 3.8) is 0 Å². The normalized spacial score (nSPS) is 14.4. The lowest BCUT2D eigenvalue weighted by molar-refractivity contribution is 0.122. The third-order valence-electron chi connectivity index (χ3n) is 5.01. The molecule has 0 spiro atoms. The van der Waals surface area contributed by atoms with E-state index in [1.807, 2.05) is 18.2 Å². The van der Waals surface area contributed by atoms with Crippen LogP contribution >= 0.6 is 11.3 Å². The van der Waals surface area contributed by atoms with Gasteiger partial charge in [0.2, 0.25) is 5.95 Å². The fourth-order valence-corrected chi connectivity index (χ4v) is 4.21. The fourth-order valence-electron chi connectivity index (χ4n) is 3.59. The first-order valence-electron chi connectivity index (χ1n) is 9.37. The molecular formula is C19H20N8O2S. The van der Waals surface area contributed by atoms with Crippen molar-refractivity contribution in [1.82, 2.24) is 24.7 Å². The van der Waals surface area contributed by atoms with E-state index in [1.165, 1.54) is 11.3 Å². The summed E-state index contributed by atoms with van der Waals surface area (Å²) in [4.78, 5) is 15.8. The van der Waals surface area contributed by atoms with Gasteiger partial charge in [0.15, 0.2) is 5.65 Å². The summed E-state index contributed by atoms with van der Waals surface area (Å²) >= 11 is 1.46. The van der Waals surface area contributed by atoms with E-state index in [0.717, 1.165) is 29.3 Å². The Morgan fingerprint density at radius 1 is 1.17 bits per heavy atom. The topological polar surface area (TPSA) is 130 Å². The molecule has 5 rings (SSSR count). The molecule has 0 amide bonds. The number of nitrogens with two attached hydrogens (primary N) is 2. The highest BCUT2D eigenvalue weighted by molar-refractivity contribution is 7.13. The van der Waals surface area contributed by atoms with Crippen LogP contribution in [-0.2, 0) is 4.74 Å². The minimum absolute atomic E-state index is 0.0842. The summed E-state index contributed by atoms with van der Waals surface area (Å²) in [6.07, 6.45) is 1.74.